The van der Waals surface area contributed by atoms with Crippen LogP contribution in [0.4, 0.5) is 0 Å². The van der Waals surface area contributed by atoms with E-state index in [1.807, 2.05) is 13.8 Å². The number of aliphatic hydroxyl groups is 1. The molecule has 2 rings (SSSR count). The van der Waals surface area contributed by atoms with Crippen molar-refractivity contribution in [3.63, 3.8) is 0 Å². The predicted octanol–water partition coefficient (Wildman–Crippen LogP) is 10.6. The number of Topliss-reactive ketones (excluding diaryl/α,β-unsaturated/α-hetero) is 4. The van der Waals surface area contributed by atoms with Gasteiger partial charge in [-0.2, -0.15) is 0 Å². The van der Waals surface area contributed by atoms with Crippen LogP contribution in [0.5, 0.6) is 17.2 Å². The number of hydrogen-bond donors (Lipinski definition) is 4. The average molecular weight is 685 g/mol. The summed E-state index contributed by atoms with van der Waals surface area (Å²) in [4.78, 5) is 54.9. The quantitative estimate of drug-likeness (QED) is 0.0535. The van der Waals surface area contributed by atoms with E-state index in [0.29, 0.717) is 12.8 Å². The van der Waals surface area contributed by atoms with Gasteiger partial charge in [-0.15, -0.1) is 0 Å². The Bertz CT molecular complexity index is 1310. The number of aliphatic hydroxyl groups excluding tert-OH is 1. The molecule has 4 N–H and O–H groups in total. The molecule has 0 aliphatic heterocycles. The molecule has 8 nitrogen and oxygen atoms in total. The van der Waals surface area contributed by atoms with Crippen LogP contribution in [0.1, 0.15) is 197 Å². The fourth-order valence-corrected chi connectivity index (χ4v) is 7.27. The molecule has 1 atom stereocenters. The van der Waals surface area contributed by atoms with E-state index in [9.17, 15) is 39.6 Å². The number of rotatable bonds is 22. The van der Waals surface area contributed by atoms with Gasteiger partial charge in [0.05, 0.1) is 10.8 Å². The number of phenolic OH excluding ortho intramolecular Hbond substituents is 3. The first kappa shape index (κ1) is 42.0. The van der Waals surface area contributed by atoms with E-state index >= 15 is 0 Å². The third kappa shape index (κ3) is 9.97. The van der Waals surface area contributed by atoms with Crippen LogP contribution in [0.15, 0.2) is 11.3 Å². The zero-order chi connectivity index (χ0) is 37.1. The molecule has 49 heavy (non-hydrogen) atoms. The lowest BCUT2D eigenvalue weighted by molar-refractivity contribution is -0.144. The largest absolute Gasteiger partial charge is 0.511 e. The van der Waals surface area contributed by atoms with Crippen molar-refractivity contribution in [2.45, 2.75) is 170 Å². The third-order valence-corrected chi connectivity index (χ3v) is 10.2. The van der Waals surface area contributed by atoms with Crippen LogP contribution in [0, 0.1) is 16.7 Å². The monoisotopic (exact) mass is 684 g/mol. The summed E-state index contributed by atoms with van der Waals surface area (Å²) in [5.41, 5.74) is -4.27. The van der Waals surface area contributed by atoms with Gasteiger partial charge in [-0.25, -0.2) is 0 Å². The minimum absolute atomic E-state index is 0.0147. The molecule has 0 aromatic heterocycles. The van der Waals surface area contributed by atoms with Crippen LogP contribution in [-0.4, -0.2) is 43.6 Å². The molecule has 0 fully saturated rings. The Kier molecular flexibility index (Phi) is 16.1. The SMILES string of the molecule is CCCCCCCCCC(=O)c1c(O)c(C(=O)CCCCCCCCC)c(O)c(C(CC(C)C)C2=C(O)C(C)(C)C(=O)C(C)(C)C2=O)c1O. The highest BCUT2D eigenvalue weighted by molar-refractivity contribution is 6.19. The smallest absolute Gasteiger partial charge is 0.175 e. The third-order valence-electron chi connectivity index (χ3n) is 10.2. The molecular formula is C41H64O8. The van der Waals surface area contributed by atoms with Crippen LogP contribution in [0.2, 0.25) is 0 Å². The number of allylic oxidation sites excluding steroid dienone is 2. The topological polar surface area (TPSA) is 149 Å². The molecule has 1 unspecified atom stereocenters. The van der Waals surface area contributed by atoms with E-state index < -0.39 is 74.0 Å². The molecule has 0 heterocycles. The minimum Gasteiger partial charge on any atom is -0.511 e. The van der Waals surface area contributed by atoms with Crippen LogP contribution in [-0.2, 0) is 9.59 Å². The molecule has 0 saturated heterocycles. The second-order valence-corrected chi connectivity index (χ2v) is 15.7. The van der Waals surface area contributed by atoms with E-state index in [4.69, 9.17) is 0 Å². The Hall–Kier alpha value is -3.16. The Morgan fingerprint density at radius 2 is 0.980 bits per heavy atom. The van der Waals surface area contributed by atoms with E-state index in [2.05, 4.69) is 13.8 Å². The molecule has 8 heteroatoms. The highest BCUT2D eigenvalue weighted by Gasteiger charge is 2.55. The fraction of sp³-hybridized carbons (Fsp3) is 0.707. The maximum atomic E-state index is 14.0. The van der Waals surface area contributed by atoms with Crippen molar-refractivity contribution < 1.29 is 39.6 Å². The van der Waals surface area contributed by atoms with Gasteiger partial charge in [0.25, 0.3) is 0 Å². The van der Waals surface area contributed by atoms with Crippen molar-refractivity contribution in [1.29, 1.82) is 0 Å². The number of unbranched alkanes of at least 4 members (excludes halogenated alkanes) is 12. The van der Waals surface area contributed by atoms with Gasteiger partial charge < -0.3 is 20.4 Å². The van der Waals surface area contributed by atoms with Gasteiger partial charge in [0, 0.05) is 29.9 Å². The summed E-state index contributed by atoms with van der Waals surface area (Å²) in [6.07, 6.45) is 13.6. The first-order valence-corrected chi connectivity index (χ1v) is 18.9. The average Bonchev–Trinajstić information content (AvgIpc) is 3.02. The zero-order valence-corrected chi connectivity index (χ0v) is 31.6. The number of carbonyl (C=O) groups excluding carboxylic acids is 4. The van der Waals surface area contributed by atoms with Gasteiger partial charge in [0.2, 0.25) is 0 Å². The lowest BCUT2D eigenvalue weighted by Crippen LogP contribution is -2.49. The standard InChI is InChI=1S/C41H64O8/c1-9-11-13-15-17-19-21-23-28(42)32-34(44)30(35(45)33(36(32)46)29(43)24-22-20-18-16-14-12-10-2)27(25-26(3)4)31-37(47)40(5,6)39(49)41(7,8)38(31)48/h26-27,44-47H,9-25H2,1-8H3. The molecule has 1 aliphatic rings. The van der Waals surface area contributed by atoms with Crippen LogP contribution in [0.3, 0.4) is 0 Å². The lowest BCUT2D eigenvalue weighted by atomic mass is 9.60. The number of aromatic hydroxyl groups is 3. The van der Waals surface area contributed by atoms with Gasteiger partial charge in [0.1, 0.15) is 34.1 Å². The van der Waals surface area contributed by atoms with Crippen LogP contribution in [0.25, 0.3) is 0 Å². The van der Waals surface area contributed by atoms with Crippen molar-refractivity contribution in [2.24, 2.45) is 16.7 Å². The van der Waals surface area contributed by atoms with Crippen molar-refractivity contribution in [3.05, 3.63) is 28.0 Å². The van der Waals surface area contributed by atoms with Crippen molar-refractivity contribution in [2.75, 3.05) is 0 Å². The number of benzene rings is 1. The Balaban J connectivity index is 2.71. The van der Waals surface area contributed by atoms with Crippen molar-refractivity contribution in [3.8, 4) is 17.2 Å². The summed E-state index contributed by atoms with van der Waals surface area (Å²) < 4.78 is 0. The second kappa shape index (κ2) is 18.7. The Labute approximate surface area is 294 Å². The highest BCUT2D eigenvalue weighted by atomic mass is 16.3. The van der Waals surface area contributed by atoms with Gasteiger partial charge in [-0.05, 0) is 52.9 Å². The fourth-order valence-electron chi connectivity index (χ4n) is 7.27. The van der Waals surface area contributed by atoms with Crippen LogP contribution >= 0.6 is 0 Å². The summed E-state index contributed by atoms with van der Waals surface area (Å²) in [7, 11) is 0. The Morgan fingerprint density at radius 3 is 1.37 bits per heavy atom. The summed E-state index contributed by atoms with van der Waals surface area (Å²) in [6, 6.07) is 0. The number of hydrogen-bond acceptors (Lipinski definition) is 8. The van der Waals surface area contributed by atoms with Gasteiger partial charge >= 0.3 is 0 Å². The number of ketones is 4. The predicted molar refractivity (Wildman–Crippen MR) is 195 cm³/mol. The molecule has 0 saturated carbocycles. The molecule has 0 spiro atoms. The van der Waals surface area contributed by atoms with Gasteiger partial charge in [-0.1, -0.05) is 105 Å². The molecule has 0 amide bonds. The van der Waals surface area contributed by atoms with E-state index in [1.54, 1.807) is 0 Å². The molecule has 0 radical (unpaired) electrons. The van der Waals surface area contributed by atoms with Crippen molar-refractivity contribution >= 4 is 23.1 Å². The van der Waals surface area contributed by atoms with Gasteiger partial charge in [-0.3, -0.25) is 19.2 Å². The maximum Gasteiger partial charge on any atom is 0.175 e. The summed E-state index contributed by atoms with van der Waals surface area (Å²) in [6.45, 7) is 14.1. The lowest BCUT2D eigenvalue weighted by Gasteiger charge is -2.41. The summed E-state index contributed by atoms with van der Waals surface area (Å²) in [5.74, 6) is -6.21. The number of phenols is 3. The highest BCUT2D eigenvalue weighted by Crippen LogP contribution is 2.54. The molecular weight excluding hydrogens is 620 g/mol. The van der Waals surface area contributed by atoms with E-state index in [0.717, 1.165) is 77.0 Å². The second-order valence-electron chi connectivity index (χ2n) is 15.7. The van der Waals surface area contributed by atoms with Crippen molar-refractivity contribution in [1.82, 2.24) is 0 Å². The summed E-state index contributed by atoms with van der Waals surface area (Å²) in [5, 5.41) is 46.6. The molecule has 1 aromatic rings. The molecule has 1 aliphatic carbocycles. The van der Waals surface area contributed by atoms with E-state index in [-0.39, 0.29) is 36.3 Å². The van der Waals surface area contributed by atoms with Gasteiger partial charge in [0.15, 0.2) is 23.1 Å². The first-order valence-electron chi connectivity index (χ1n) is 18.9. The summed E-state index contributed by atoms with van der Waals surface area (Å²) >= 11 is 0. The molecule has 1 aromatic carbocycles. The minimum atomic E-state index is -1.52. The molecule has 0 bridgehead atoms. The van der Waals surface area contributed by atoms with Crippen LogP contribution < -0.4 is 0 Å². The van der Waals surface area contributed by atoms with E-state index in [1.165, 1.54) is 27.7 Å². The zero-order valence-electron chi connectivity index (χ0n) is 31.6. The maximum absolute atomic E-state index is 14.0. The molecule has 276 valence electrons. The number of carbonyl (C=O) groups is 4. The Morgan fingerprint density at radius 1 is 0.592 bits per heavy atom. The normalized spacial score (nSPS) is 16.4. The first-order chi connectivity index (χ1) is 23.0.